The van der Waals surface area contributed by atoms with Crippen molar-refractivity contribution in [1.29, 1.82) is 0 Å². The van der Waals surface area contributed by atoms with Crippen LogP contribution in [0.25, 0.3) is 11.0 Å². The van der Waals surface area contributed by atoms with E-state index in [0.29, 0.717) is 54.2 Å². The lowest BCUT2D eigenvalue weighted by atomic mass is 9.95. The lowest BCUT2D eigenvalue weighted by Gasteiger charge is -2.31. The van der Waals surface area contributed by atoms with Crippen molar-refractivity contribution in [2.24, 2.45) is 5.92 Å². The van der Waals surface area contributed by atoms with Crippen molar-refractivity contribution in [3.8, 4) is 5.75 Å². The number of likely N-dealkylation sites (tertiary alicyclic amines) is 1. The van der Waals surface area contributed by atoms with Gasteiger partial charge in [0, 0.05) is 30.5 Å². The summed E-state index contributed by atoms with van der Waals surface area (Å²) in [6.45, 7) is 2.47. The number of nitrogens with one attached hydrogen (secondary N) is 1. The van der Waals surface area contributed by atoms with E-state index in [0.717, 1.165) is 0 Å². The maximum Gasteiger partial charge on any atom is 0.349 e. The van der Waals surface area contributed by atoms with Gasteiger partial charge in [-0.3, -0.25) is 9.59 Å². The molecule has 1 aliphatic rings. The molecular weight excluding hydrogens is 390 g/mol. The fraction of sp³-hybridized carbons (Fsp3) is 0.333. The number of aromatic nitrogens is 1. The van der Waals surface area contributed by atoms with Gasteiger partial charge in [0.15, 0.2) is 17.2 Å². The molecule has 2 aromatic heterocycles. The van der Waals surface area contributed by atoms with Gasteiger partial charge in [0.25, 0.3) is 5.91 Å². The first-order chi connectivity index (χ1) is 14.5. The van der Waals surface area contributed by atoms with Crippen LogP contribution in [0.4, 0.5) is 5.82 Å². The molecule has 156 valence electrons. The van der Waals surface area contributed by atoms with Gasteiger partial charge in [-0.15, -0.1) is 0 Å². The lowest BCUT2D eigenvalue weighted by molar-refractivity contribution is -0.121. The number of carbonyl (C=O) groups is 2. The molecule has 0 bridgehead atoms. The molecule has 0 radical (unpaired) electrons. The second kappa shape index (κ2) is 8.02. The molecule has 1 fully saturated rings. The number of nitrogens with zero attached hydrogens (tertiary/aromatic N) is 2. The number of ether oxygens (including phenoxy) is 1. The second-order valence-corrected chi connectivity index (χ2v) is 7.20. The summed E-state index contributed by atoms with van der Waals surface area (Å²) >= 11 is 0. The summed E-state index contributed by atoms with van der Waals surface area (Å²) < 4.78 is 15.5. The summed E-state index contributed by atoms with van der Waals surface area (Å²) in [5, 5.41) is 7.08. The number of hydrogen-bond acceptors (Lipinski definition) is 7. The van der Waals surface area contributed by atoms with Crippen LogP contribution < -0.4 is 15.7 Å². The maximum absolute atomic E-state index is 12.9. The highest BCUT2D eigenvalue weighted by molar-refractivity contribution is 5.97. The van der Waals surface area contributed by atoms with E-state index in [1.54, 1.807) is 36.1 Å². The van der Waals surface area contributed by atoms with Crippen molar-refractivity contribution >= 4 is 28.6 Å². The van der Waals surface area contributed by atoms with Gasteiger partial charge in [0.2, 0.25) is 5.91 Å². The second-order valence-electron chi connectivity index (χ2n) is 7.20. The molecule has 2 amide bonds. The highest BCUT2D eigenvalue weighted by Gasteiger charge is 2.29. The van der Waals surface area contributed by atoms with Gasteiger partial charge in [-0.1, -0.05) is 17.3 Å². The smallest absolute Gasteiger partial charge is 0.349 e. The quantitative estimate of drug-likeness (QED) is 0.656. The summed E-state index contributed by atoms with van der Waals surface area (Å²) in [6, 6.07) is 8.36. The number of carbonyl (C=O) groups excluding carboxylic acids is 2. The number of methoxy groups -OCH3 is 1. The summed E-state index contributed by atoms with van der Waals surface area (Å²) in [5.74, 6) is 0.603. The Kier molecular flexibility index (Phi) is 5.26. The molecule has 3 aromatic rings. The Labute approximate surface area is 171 Å². The molecule has 1 aromatic carbocycles. The van der Waals surface area contributed by atoms with Crippen LogP contribution in [0.5, 0.6) is 5.75 Å². The van der Waals surface area contributed by atoms with Crippen molar-refractivity contribution in [3.63, 3.8) is 0 Å². The Morgan fingerprint density at radius 3 is 2.67 bits per heavy atom. The summed E-state index contributed by atoms with van der Waals surface area (Å²) in [4.78, 5) is 39.3. The average molecular weight is 411 g/mol. The topological polar surface area (TPSA) is 115 Å². The van der Waals surface area contributed by atoms with E-state index < -0.39 is 11.5 Å². The molecule has 0 spiro atoms. The Balaban J connectivity index is 1.45. The van der Waals surface area contributed by atoms with Crippen LogP contribution in [-0.4, -0.2) is 42.1 Å². The number of anilines is 1. The first-order valence-corrected chi connectivity index (χ1v) is 9.60. The minimum atomic E-state index is -0.710. The average Bonchev–Trinajstić information content (AvgIpc) is 3.17. The molecule has 0 atom stereocenters. The van der Waals surface area contributed by atoms with E-state index in [2.05, 4.69) is 10.5 Å². The zero-order valence-electron chi connectivity index (χ0n) is 16.6. The highest BCUT2D eigenvalue weighted by atomic mass is 16.5. The zero-order chi connectivity index (χ0) is 21.3. The molecular formula is C21H21N3O6. The fourth-order valence-corrected chi connectivity index (χ4v) is 3.60. The molecule has 3 heterocycles. The Morgan fingerprint density at radius 1 is 1.23 bits per heavy atom. The van der Waals surface area contributed by atoms with Gasteiger partial charge in [-0.05, 0) is 31.9 Å². The van der Waals surface area contributed by atoms with E-state index in [4.69, 9.17) is 13.7 Å². The Bertz CT molecular complexity index is 1160. The van der Waals surface area contributed by atoms with Gasteiger partial charge in [0.1, 0.15) is 11.3 Å². The summed E-state index contributed by atoms with van der Waals surface area (Å²) in [6.07, 6.45) is 0.974. The van der Waals surface area contributed by atoms with Gasteiger partial charge in [-0.25, -0.2) is 4.79 Å². The number of piperidine rings is 1. The van der Waals surface area contributed by atoms with Crippen LogP contribution in [0.1, 0.15) is 29.0 Å². The third kappa shape index (κ3) is 3.78. The molecule has 9 nitrogen and oxygen atoms in total. The van der Waals surface area contributed by atoms with E-state index in [9.17, 15) is 14.4 Å². The summed E-state index contributed by atoms with van der Waals surface area (Å²) in [7, 11) is 1.48. The Morgan fingerprint density at radius 2 is 2.00 bits per heavy atom. The van der Waals surface area contributed by atoms with Crippen LogP contribution in [0.15, 0.2) is 44.1 Å². The maximum atomic E-state index is 12.9. The minimum Gasteiger partial charge on any atom is -0.493 e. The Hall–Kier alpha value is -3.62. The van der Waals surface area contributed by atoms with Crippen LogP contribution in [0, 0.1) is 12.8 Å². The molecule has 4 rings (SSSR count). The monoisotopic (exact) mass is 411 g/mol. The van der Waals surface area contributed by atoms with E-state index in [1.165, 1.54) is 13.2 Å². The van der Waals surface area contributed by atoms with Crippen LogP contribution in [0.3, 0.4) is 0 Å². The third-order valence-corrected chi connectivity index (χ3v) is 5.21. The molecule has 1 saturated heterocycles. The first-order valence-electron chi connectivity index (χ1n) is 9.60. The van der Waals surface area contributed by atoms with Crippen molar-refractivity contribution < 1.29 is 23.3 Å². The number of benzene rings is 1. The molecule has 30 heavy (non-hydrogen) atoms. The molecule has 0 saturated carbocycles. The highest BCUT2D eigenvalue weighted by Crippen LogP contribution is 2.26. The summed E-state index contributed by atoms with van der Waals surface area (Å²) in [5.41, 5.74) is -0.435. The van der Waals surface area contributed by atoms with Gasteiger partial charge >= 0.3 is 5.63 Å². The number of para-hydroxylation sites is 1. The number of aryl methyl sites for hydroxylation is 1. The van der Waals surface area contributed by atoms with Crippen molar-refractivity contribution in [3.05, 3.63) is 52.1 Å². The largest absolute Gasteiger partial charge is 0.493 e. The van der Waals surface area contributed by atoms with Crippen LogP contribution in [0.2, 0.25) is 0 Å². The first kappa shape index (κ1) is 19.7. The number of fused-ring (bicyclic) bond motifs is 1. The fourth-order valence-electron chi connectivity index (χ4n) is 3.60. The van der Waals surface area contributed by atoms with E-state index in [1.807, 2.05) is 0 Å². The van der Waals surface area contributed by atoms with Crippen LogP contribution in [-0.2, 0) is 4.79 Å². The van der Waals surface area contributed by atoms with E-state index >= 15 is 0 Å². The van der Waals surface area contributed by atoms with Gasteiger partial charge < -0.3 is 23.9 Å². The minimum absolute atomic E-state index is 0.0308. The standard InChI is InChI=1S/C21H21N3O6/c1-12-10-17(23-30-12)22-19(25)13-6-8-24(9-7-13)20(26)15-11-14-4-3-5-16(28-2)18(14)29-21(15)27/h3-5,10-11,13H,6-9H2,1-2H3,(H,22,23,25). The number of amides is 2. The molecule has 1 N–H and O–H groups in total. The molecule has 9 heteroatoms. The molecule has 1 aliphatic heterocycles. The van der Waals surface area contributed by atoms with Crippen molar-refractivity contribution in [1.82, 2.24) is 10.1 Å². The third-order valence-electron chi connectivity index (χ3n) is 5.21. The van der Waals surface area contributed by atoms with Crippen LogP contribution >= 0.6 is 0 Å². The molecule has 0 unspecified atom stereocenters. The number of rotatable bonds is 4. The van der Waals surface area contributed by atoms with Gasteiger partial charge in [-0.2, -0.15) is 0 Å². The lowest BCUT2D eigenvalue weighted by Crippen LogP contribution is -2.42. The van der Waals surface area contributed by atoms with Crippen molar-refractivity contribution in [2.75, 3.05) is 25.5 Å². The predicted octanol–water partition coefficient (Wildman–Crippen LogP) is 2.59. The van der Waals surface area contributed by atoms with Gasteiger partial charge in [0.05, 0.1) is 7.11 Å². The number of hydrogen-bond donors (Lipinski definition) is 1. The predicted molar refractivity (Wildman–Crippen MR) is 108 cm³/mol. The van der Waals surface area contributed by atoms with E-state index in [-0.39, 0.29) is 17.4 Å². The normalized spacial score (nSPS) is 14.7. The van der Waals surface area contributed by atoms with Crippen molar-refractivity contribution in [2.45, 2.75) is 19.8 Å². The zero-order valence-corrected chi connectivity index (χ0v) is 16.6. The molecule has 0 aliphatic carbocycles. The SMILES string of the molecule is COc1cccc2cc(C(=O)N3CCC(C(=O)Nc4cc(C)on4)CC3)c(=O)oc12.